The minimum absolute atomic E-state index is 0.147. The number of amides is 1. The van der Waals surface area contributed by atoms with Crippen molar-refractivity contribution in [1.29, 1.82) is 0 Å². The van der Waals surface area contributed by atoms with Gasteiger partial charge in [-0.2, -0.15) is 0 Å². The number of methoxy groups -OCH3 is 2. The number of benzene rings is 2. The lowest BCUT2D eigenvalue weighted by molar-refractivity contribution is 0.0945. The van der Waals surface area contributed by atoms with Crippen molar-refractivity contribution in [3.8, 4) is 17.2 Å². The summed E-state index contributed by atoms with van der Waals surface area (Å²) in [6.07, 6.45) is 1.75. The van der Waals surface area contributed by atoms with Gasteiger partial charge >= 0.3 is 0 Å². The first kappa shape index (κ1) is 20.2. The molecule has 0 aliphatic carbocycles. The highest BCUT2D eigenvalue weighted by Gasteiger charge is 2.18. The maximum absolute atomic E-state index is 12.4. The van der Waals surface area contributed by atoms with Gasteiger partial charge in [-0.15, -0.1) is 0 Å². The van der Waals surface area contributed by atoms with Crippen molar-refractivity contribution in [1.82, 2.24) is 10.3 Å². The Bertz CT molecular complexity index is 969. The molecule has 1 aromatic heterocycles. The molecule has 8 nitrogen and oxygen atoms in total. The van der Waals surface area contributed by atoms with E-state index < -0.39 is 6.04 Å². The van der Waals surface area contributed by atoms with Gasteiger partial charge in [-0.3, -0.25) is 4.79 Å². The molecule has 0 saturated carbocycles. The number of hydrogen-bond donors (Lipinski definition) is 3. The lowest BCUT2D eigenvalue weighted by Crippen LogP contribution is -2.23. The normalized spacial score (nSPS) is 11.7. The number of phenolic OH excluding ortho intramolecular Hbond substituents is 1. The number of rotatable bonds is 8. The third kappa shape index (κ3) is 5.05. The van der Waals surface area contributed by atoms with Gasteiger partial charge in [0.1, 0.15) is 23.5 Å². The molecule has 0 saturated heterocycles. The molecular formula is C21H23N3O5. The molecule has 0 bridgehead atoms. The van der Waals surface area contributed by atoms with E-state index in [1.165, 1.54) is 6.26 Å². The summed E-state index contributed by atoms with van der Waals surface area (Å²) < 4.78 is 15.9. The van der Waals surface area contributed by atoms with Crippen LogP contribution in [0.1, 0.15) is 33.5 Å². The smallest absolute Gasteiger partial charge is 0.273 e. The first-order valence-corrected chi connectivity index (χ1v) is 8.98. The van der Waals surface area contributed by atoms with Crippen molar-refractivity contribution < 1.29 is 23.8 Å². The standard InChI is InChI=1S/C21H23N3O5/c1-27-16-8-5-14(19(10-16)28-2)11-23-20(26)18-12-29-21(24-18)17(22)9-13-3-6-15(25)7-4-13/h3-8,10,12,17,25H,9,11,22H2,1-2H3,(H,23,26). The van der Waals surface area contributed by atoms with Crippen molar-refractivity contribution in [3.63, 3.8) is 0 Å². The molecule has 0 fully saturated rings. The number of oxazole rings is 1. The van der Waals surface area contributed by atoms with Crippen molar-refractivity contribution in [3.05, 3.63) is 71.4 Å². The second-order valence-corrected chi connectivity index (χ2v) is 6.41. The molecule has 3 aromatic rings. The quantitative estimate of drug-likeness (QED) is 0.534. The number of phenols is 1. The Balaban J connectivity index is 1.61. The van der Waals surface area contributed by atoms with Crippen molar-refractivity contribution in [2.75, 3.05) is 14.2 Å². The van der Waals surface area contributed by atoms with Gasteiger partial charge in [-0.25, -0.2) is 4.98 Å². The van der Waals surface area contributed by atoms with E-state index in [9.17, 15) is 9.90 Å². The van der Waals surface area contributed by atoms with Crippen LogP contribution in [0, 0.1) is 0 Å². The summed E-state index contributed by atoms with van der Waals surface area (Å²) in [6, 6.07) is 11.6. The molecule has 2 aromatic carbocycles. The zero-order valence-electron chi connectivity index (χ0n) is 16.2. The highest BCUT2D eigenvalue weighted by Crippen LogP contribution is 2.24. The third-order valence-electron chi connectivity index (χ3n) is 4.40. The monoisotopic (exact) mass is 397 g/mol. The average Bonchev–Trinajstić information content (AvgIpc) is 3.24. The maximum atomic E-state index is 12.4. The molecule has 3 rings (SSSR count). The number of hydrogen-bond acceptors (Lipinski definition) is 7. The van der Waals surface area contributed by atoms with Gasteiger partial charge in [0.05, 0.1) is 20.3 Å². The van der Waals surface area contributed by atoms with E-state index in [-0.39, 0.29) is 29.8 Å². The summed E-state index contributed by atoms with van der Waals surface area (Å²) in [5, 5.41) is 12.1. The summed E-state index contributed by atoms with van der Waals surface area (Å²) in [6.45, 7) is 0.258. The zero-order chi connectivity index (χ0) is 20.8. The molecule has 0 radical (unpaired) electrons. The van der Waals surface area contributed by atoms with Crippen LogP contribution in [0.5, 0.6) is 17.2 Å². The van der Waals surface area contributed by atoms with Crippen LogP contribution in [0.3, 0.4) is 0 Å². The molecule has 0 aliphatic rings. The van der Waals surface area contributed by atoms with Gasteiger partial charge in [0.25, 0.3) is 5.91 Å². The fourth-order valence-electron chi connectivity index (χ4n) is 2.80. The Morgan fingerprint density at radius 2 is 1.97 bits per heavy atom. The van der Waals surface area contributed by atoms with E-state index >= 15 is 0 Å². The largest absolute Gasteiger partial charge is 0.508 e. The SMILES string of the molecule is COc1ccc(CNC(=O)c2coc(C(N)Cc3ccc(O)cc3)n2)c(OC)c1. The highest BCUT2D eigenvalue weighted by atomic mass is 16.5. The molecule has 152 valence electrons. The van der Waals surface area contributed by atoms with Crippen LogP contribution in [0.25, 0.3) is 0 Å². The number of aromatic nitrogens is 1. The first-order valence-electron chi connectivity index (χ1n) is 8.98. The van der Waals surface area contributed by atoms with Crippen molar-refractivity contribution >= 4 is 5.91 Å². The number of aromatic hydroxyl groups is 1. The molecule has 29 heavy (non-hydrogen) atoms. The summed E-state index contributed by atoms with van der Waals surface area (Å²) in [5.74, 6) is 1.35. The summed E-state index contributed by atoms with van der Waals surface area (Å²) in [4.78, 5) is 16.6. The van der Waals surface area contributed by atoms with E-state index in [1.54, 1.807) is 50.6 Å². The molecular weight excluding hydrogens is 374 g/mol. The zero-order valence-corrected chi connectivity index (χ0v) is 16.2. The predicted octanol–water partition coefficient (Wildman–Crippen LogP) is 2.57. The minimum atomic E-state index is -0.511. The summed E-state index contributed by atoms with van der Waals surface area (Å²) in [5.41, 5.74) is 8.00. The molecule has 1 amide bonds. The predicted molar refractivity (Wildman–Crippen MR) is 106 cm³/mol. The lowest BCUT2D eigenvalue weighted by atomic mass is 10.1. The minimum Gasteiger partial charge on any atom is -0.508 e. The van der Waals surface area contributed by atoms with Crippen LogP contribution in [-0.4, -0.2) is 30.2 Å². The Kier molecular flexibility index (Phi) is 6.36. The van der Waals surface area contributed by atoms with Crippen LogP contribution in [0.4, 0.5) is 0 Å². The maximum Gasteiger partial charge on any atom is 0.273 e. The number of carbonyl (C=O) groups excluding carboxylic acids is 1. The van der Waals surface area contributed by atoms with Gasteiger partial charge < -0.3 is 30.0 Å². The Morgan fingerprint density at radius 3 is 2.66 bits per heavy atom. The molecule has 0 spiro atoms. The number of nitrogens with zero attached hydrogens (tertiary/aromatic N) is 1. The van der Waals surface area contributed by atoms with E-state index in [4.69, 9.17) is 19.6 Å². The fourth-order valence-corrected chi connectivity index (χ4v) is 2.80. The molecule has 1 unspecified atom stereocenters. The Hall–Kier alpha value is -3.52. The lowest BCUT2D eigenvalue weighted by Gasteiger charge is -2.10. The second kappa shape index (κ2) is 9.11. The Labute approximate surface area is 168 Å². The van der Waals surface area contributed by atoms with Crippen LogP contribution < -0.4 is 20.5 Å². The van der Waals surface area contributed by atoms with E-state index in [0.717, 1.165) is 11.1 Å². The van der Waals surface area contributed by atoms with Gasteiger partial charge in [0, 0.05) is 18.2 Å². The van der Waals surface area contributed by atoms with E-state index in [1.807, 2.05) is 6.07 Å². The number of carbonyl (C=O) groups is 1. The molecule has 0 aliphatic heterocycles. The topological polar surface area (TPSA) is 120 Å². The summed E-state index contributed by atoms with van der Waals surface area (Å²) >= 11 is 0. The summed E-state index contributed by atoms with van der Waals surface area (Å²) in [7, 11) is 3.13. The van der Waals surface area contributed by atoms with Gasteiger partial charge in [-0.1, -0.05) is 12.1 Å². The van der Waals surface area contributed by atoms with Crippen LogP contribution >= 0.6 is 0 Å². The molecule has 8 heteroatoms. The van der Waals surface area contributed by atoms with Gasteiger partial charge in [-0.05, 0) is 36.2 Å². The molecule has 1 heterocycles. The van der Waals surface area contributed by atoms with Crippen LogP contribution in [0.2, 0.25) is 0 Å². The third-order valence-corrected chi connectivity index (χ3v) is 4.40. The van der Waals surface area contributed by atoms with Crippen LogP contribution in [-0.2, 0) is 13.0 Å². The number of nitrogens with two attached hydrogens (primary N) is 1. The number of nitrogens with one attached hydrogen (secondary N) is 1. The Morgan fingerprint density at radius 1 is 1.21 bits per heavy atom. The van der Waals surface area contributed by atoms with Crippen molar-refractivity contribution in [2.24, 2.45) is 5.73 Å². The highest BCUT2D eigenvalue weighted by molar-refractivity contribution is 5.91. The van der Waals surface area contributed by atoms with E-state index in [0.29, 0.717) is 17.9 Å². The second-order valence-electron chi connectivity index (χ2n) is 6.41. The van der Waals surface area contributed by atoms with Crippen LogP contribution in [0.15, 0.2) is 53.1 Å². The fraction of sp³-hybridized carbons (Fsp3) is 0.238. The van der Waals surface area contributed by atoms with Gasteiger partial charge in [0.15, 0.2) is 5.69 Å². The number of ether oxygens (including phenoxy) is 2. The first-order chi connectivity index (χ1) is 14.0. The van der Waals surface area contributed by atoms with E-state index in [2.05, 4.69) is 10.3 Å². The molecule has 4 N–H and O–H groups in total. The average molecular weight is 397 g/mol. The molecule has 1 atom stereocenters. The van der Waals surface area contributed by atoms with Crippen molar-refractivity contribution in [2.45, 2.75) is 19.0 Å². The van der Waals surface area contributed by atoms with Gasteiger partial charge in [0.2, 0.25) is 5.89 Å².